The minimum atomic E-state index is 0.524. The summed E-state index contributed by atoms with van der Waals surface area (Å²) < 4.78 is 0. The van der Waals surface area contributed by atoms with Gasteiger partial charge in [-0.3, -0.25) is 5.01 Å². The highest BCUT2D eigenvalue weighted by molar-refractivity contribution is 6.31. The fourth-order valence-electron chi connectivity index (χ4n) is 2.33. The number of terminal acetylenes is 1. The number of hydrogen-bond acceptors (Lipinski definition) is 3. The number of anilines is 2. The van der Waals surface area contributed by atoms with Crippen molar-refractivity contribution in [3.8, 4) is 12.3 Å². The second kappa shape index (κ2) is 7.71. The standard InChI is InChI=1S/C19H20ClN3/c1-5-13-22(3)19-12-11-16(20)14-18(19)15(2)21-23(4)17-9-7-6-8-10-17/h1,6-12,14H,13H2,2-4H3/b21-15+. The third-order valence-electron chi connectivity index (χ3n) is 3.52. The Balaban J connectivity index is 2.38. The maximum absolute atomic E-state index is 6.17. The zero-order valence-corrected chi connectivity index (χ0v) is 14.4. The highest BCUT2D eigenvalue weighted by atomic mass is 35.5. The summed E-state index contributed by atoms with van der Waals surface area (Å²) in [4.78, 5) is 2.01. The molecule has 0 aliphatic heterocycles. The van der Waals surface area contributed by atoms with E-state index in [-0.39, 0.29) is 0 Å². The summed E-state index contributed by atoms with van der Waals surface area (Å²) in [5.41, 5.74) is 3.87. The molecule has 0 saturated heterocycles. The number of hydrogen-bond donors (Lipinski definition) is 0. The smallest absolute Gasteiger partial charge is 0.0788 e. The number of halogens is 1. The predicted octanol–water partition coefficient (Wildman–Crippen LogP) is 4.27. The van der Waals surface area contributed by atoms with Gasteiger partial charge in [0.2, 0.25) is 0 Å². The van der Waals surface area contributed by atoms with Crippen LogP contribution in [0, 0.1) is 12.3 Å². The quantitative estimate of drug-likeness (QED) is 0.464. The molecule has 0 aliphatic carbocycles. The lowest BCUT2D eigenvalue weighted by molar-refractivity contribution is 1.01. The maximum Gasteiger partial charge on any atom is 0.0788 e. The van der Waals surface area contributed by atoms with E-state index in [0.717, 1.165) is 22.6 Å². The Bertz CT molecular complexity index is 732. The van der Waals surface area contributed by atoms with E-state index in [4.69, 9.17) is 18.0 Å². The maximum atomic E-state index is 6.17. The number of nitrogens with zero attached hydrogens (tertiary/aromatic N) is 3. The Morgan fingerprint density at radius 2 is 1.87 bits per heavy atom. The molecule has 2 rings (SSSR count). The van der Waals surface area contributed by atoms with Crippen molar-refractivity contribution >= 4 is 28.7 Å². The summed E-state index contributed by atoms with van der Waals surface area (Å²) in [5.74, 6) is 2.66. The number of rotatable bonds is 5. The van der Waals surface area contributed by atoms with Crippen molar-refractivity contribution in [1.82, 2.24) is 0 Å². The second-order valence-corrected chi connectivity index (χ2v) is 5.70. The Kier molecular flexibility index (Phi) is 5.67. The molecule has 4 heteroatoms. The van der Waals surface area contributed by atoms with Crippen molar-refractivity contribution < 1.29 is 0 Å². The van der Waals surface area contributed by atoms with Crippen molar-refractivity contribution in [1.29, 1.82) is 0 Å². The van der Waals surface area contributed by atoms with E-state index in [2.05, 4.69) is 11.0 Å². The van der Waals surface area contributed by atoms with E-state index in [1.165, 1.54) is 0 Å². The molecule has 2 aromatic rings. The Labute approximate surface area is 143 Å². The zero-order chi connectivity index (χ0) is 16.8. The van der Waals surface area contributed by atoms with Crippen LogP contribution in [0.25, 0.3) is 0 Å². The van der Waals surface area contributed by atoms with E-state index in [9.17, 15) is 0 Å². The highest BCUT2D eigenvalue weighted by Gasteiger charge is 2.11. The lowest BCUT2D eigenvalue weighted by Gasteiger charge is -2.21. The summed E-state index contributed by atoms with van der Waals surface area (Å²) in [6.45, 7) is 2.49. The molecule has 23 heavy (non-hydrogen) atoms. The molecule has 0 unspecified atom stereocenters. The molecule has 0 atom stereocenters. The van der Waals surface area contributed by atoms with Gasteiger partial charge in [0, 0.05) is 30.4 Å². The molecule has 0 bridgehead atoms. The third-order valence-corrected chi connectivity index (χ3v) is 3.75. The SMILES string of the molecule is C#CCN(C)c1ccc(Cl)cc1/C(C)=N/N(C)c1ccccc1. The van der Waals surface area contributed by atoms with Gasteiger partial charge in [-0.25, -0.2) is 0 Å². The lowest BCUT2D eigenvalue weighted by Crippen LogP contribution is -2.20. The lowest BCUT2D eigenvalue weighted by atomic mass is 10.1. The zero-order valence-electron chi connectivity index (χ0n) is 13.6. The van der Waals surface area contributed by atoms with Crippen LogP contribution in [0.5, 0.6) is 0 Å². The first-order valence-electron chi connectivity index (χ1n) is 7.31. The molecule has 0 amide bonds. The fraction of sp³-hybridized carbons (Fsp3) is 0.211. The van der Waals surface area contributed by atoms with E-state index >= 15 is 0 Å². The van der Waals surface area contributed by atoms with Gasteiger partial charge in [0.25, 0.3) is 0 Å². The van der Waals surface area contributed by atoms with Gasteiger partial charge in [0.1, 0.15) is 0 Å². The van der Waals surface area contributed by atoms with Crippen LogP contribution < -0.4 is 9.91 Å². The summed E-state index contributed by atoms with van der Waals surface area (Å²) in [6.07, 6.45) is 5.42. The van der Waals surface area contributed by atoms with Crippen LogP contribution in [0.2, 0.25) is 5.02 Å². The molecule has 0 N–H and O–H groups in total. The normalized spacial score (nSPS) is 11.0. The molecule has 0 aromatic heterocycles. The topological polar surface area (TPSA) is 18.8 Å². The van der Waals surface area contributed by atoms with Crippen LogP contribution in [0.15, 0.2) is 53.6 Å². The molecule has 0 aliphatic rings. The first kappa shape index (κ1) is 16.9. The Morgan fingerprint density at radius 3 is 2.52 bits per heavy atom. The summed E-state index contributed by atoms with van der Waals surface area (Å²) in [6, 6.07) is 15.7. The molecule has 0 fully saturated rings. The van der Waals surface area contributed by atoms with Crippen molar-refractivity contribution in [3.05, 3.63) is 59.1 Å². The molecule has 3 nitrogen and oxygen atoms in total. The number of hydrazone groups is 1. The molecule has 0 heterocycles. The molecule has 118 valence electrons. The molecular weight excluding hydrogens is 306 g/mol. The summed E-state index contributed by atoms with van der Waals surface area (Å²) in [7, 11) is 3.88. The molecule has 0 saturated carbocycles. The average Bonchev–Trinajstić information content (AvgIpc) is 2.55. The summed E-state index contributed by atoms with van der Waals surface area (Å²) in [5, 5.41) is 7.20. The Morgan fingerprint density at radius 1 is 1.17 bits per heavy atom. The van der Waals surface area contributed by atoms with Crippen molar-refractivity contribution in [2.45, 2.75) is 6.92 Å². The van der Waals surface area contributed by atoms with Gasteiger partial charge in [-0.15, -0.1) is 6.42 Å². The first-order chi connectivity index (χ1) is 11.0. The molecular formula is C19H20ClN3. The fourth-order valence-corrected chi connectivity index (χ4v) is 2.51. The largest absolute Gasteiger partial charge is 0.363 e. The second-order valence-electron chi connectivity index (χ2n) is 5.27. The van der Waals surface area contributed by atoms with Crippen LogP contribution in [0.3, 0.4) is 0 Å². The van der Waals surface area contributed by atoms with Crippen LogP contribution in [0.4, 0.5) is 11.4 Å². The van der Waals surface area contributed by atoms with E-state index in [0.29, 0.717) is 11.6 Å². The minimum Gasteiger partial charge on any atom is -0.363 e. The average molecular weight is 326 g/mol. The minimum absolute atomic E-state index is 0.524. The Hall–Kier alpha value is -2.44. The van der Waals surface area contributed by atoms with Gasteiger partial charge in [0.15, 0.2) is 0 Å². The van der Waals surface area contributed by atoms with E-state index < -0.39 is 0 Å². The van der Waals surface area contributed by atoms with Crippen LogP contribution in [-0.2, 0) is 0 Å². The van der Waals surface area contributed by atoms with Crippen molar-refractivity contribution in [2.24, 2.45) is 5.10 Å². The van der Waals surface area contributed by atoms with Gasteiger partial charge in [-0.2, -0.15) is 5.10 Å². The molecule has 2 aromatic carbocycles. The number of benzene rings is 2. The highest BCUT2D eigenvalue weighted by Crippen LogP contribution is 2.25. The number of para-hydroxylation sites is 1. The molecule has 0 spiro atoms. The molecule has 0 radical (unpaired) electrons. The van der Waals surface area contributed by atoms with Crippen LogP contribution in [0.1, 0.15) is 12.5 Å². The van der Waals surface area contributed by atoms with Gasteiger partial charge >= 0.3 is 0 Å². The summed E-state index contributed by atoms with van der Waals surface area (Å²) >= 11 is 6.17. The predicted molar refractivity (Wildman–Crippen MR) is 101 cm³/mol. The van der Waals surface area contributed by atoms with Crippen molar-refractivity contribution in [2.75, 3.05) is 30.5 Å². The van der Waals surface area contributed by atoms with Gasteiger partial charge in [-0.05, 0) is 37.3 Å². The van der Waals surface area contributed by atoms with Crippen LogP contribution in [-0.4, -0.2) is 26.4 Å². The first-order valence-corrected chi connectivity index (χ1v) is 7.69. The third kappa shape index (κ3) is 4.28. The van der Waals surface area contributed by atoms with Gasteiger partial charge < -0.3 is 4.90 Å². The van der Waals surface area contributed by atoms with Crippen molar-refractivity contribution in [3.63, 3.8) is 0 Å². The van der Waals surface area contributed by atoms with Crippen LogP contribution >= 0.6 is 11.6 Å². The monoisotopic (exact) mass is 325 g/mol. The van der Waals surface area contributed by atoms with Gasteiger partial charge in [0.05, 0.1) is 17.9 Å². The van der Waals surface area contributed by atoms with Gasteiger partial charge in [-0.1, -0.05) is 35.7 Å². The van der Waals surface area contributed by atoms with E-state index in [1.807, 2.05) is 79.5 Å². The van der Waals surface area contributed by atoms with E-state index in [1.54, 1.807) is 0 Å².